The summed E-state index contributed by atoms with van der Waals surface area (Å²) in [5, 5.41) is 19.5. The minimum absolute atomic E-state index is 0.00926. The predicted molar refractivity (Wildman–Crippen MR) is 98.4 cm³/mol. The van der Waals surface area contributed by atoms with Crippen LogP contribution in [-0.4, -0.2) is 26.2 Å². The van der Waals surface area contributed by atoms with Crippen LogP contribution in [0.15, 0.2) is 42.5 Å². The number of aliphatic hydroxyl groups excluding tert-OH is 1. The Hall–Kier alpha value is -1.94. The van der Waals surface area contributed by atoms with E-state index in [0.29, 0.717) is 0 Å². The van der Waals surface area contributed by atoms with Gasteiger partial charge in [-0.05, 0) is 42.9 Å². The molecule has 2 aromatic rings. The van der Waals surface area contributed by atoms with E-state index in [4.69, 9.17) is 0 Å². The van der Waals surface area contributed by atoms with Crippen molar-refractivity contribution in [2.45, 2.75) is 58.5 Å². The summed E-state index contributed by atoms with van der Waals surface area (Å²) in [6.07, 6.45) is 12.2. The molecule has 0 radical (unpaired) electrons. The molecule has 2 atom stereocenters. The van der Waals surface area contributed by atoms with Crippen molar-refractivity contribution in [1.82, 2.24) is 15.0 Å². The first kappa shape index (κ1) is 16.9. The van der Waals surface area contributed by atoms with Crippen LogP contribution in [0.25, 0.3) is 16.7 Å². The highest BCUT2D eigenvalue weighted by Crippen LogP contribution is 2.42. The lowest BCUT2D eigenvalue weighted by Crippen LogP contribution is -2.27. The third kappa shape index (κ3) is 3.59. The van der Waals surface area contributed by atoms with E-state index in [0.717, 1.165) is 42.4 Å². The van der Waals surface area contributed by atoms with Crippen LogP contribution < -0.4 is 0 Å². The molecular formula is C20H27N3O. The highest BCUT2D eigenvalue weighted by molar-refractivity contribution is 5.74. The molecule has 24 heavy (non-hydrogen) atoms. The summed E-state index contributed by atoms with van der Waals surface area (Å²) >= 11 is 0. The standard InChI is InChI=1S/C20H27N3O/c1-3-5-12-20(15-17(24)4-2)13-8-9-16(14-20)23-21-18-10-6-7-11-19(18)22-23/h6-11,13,17,24H,3-5,12,14-15H2,1-2H3. The molecule has 1 aliphatic carbocycles. The van der Waals surface area contributed by atoms with Crippen molar-refractivity contribution >= 4 is 16.7 Å². The summed E-state index contributed by atoms with van der Waals surface area (Å²) in [5.41, 5.74) is 2.95. The molecule has 0 spiro atoms. The summed E-state index contributed by atoms with van der Waals surface area (Å²) in [6.45, 7) is 4.26. The Balaban J connectivity index is 1.87. The van der Waals surface area contributed by atoms with Gasteiger partial charge in [0.15, 0.2) is 0 Å². The van der Waals surface area contributed by atoms with Crippen LogP contribution in [0, 0.1) is 5.41 Å². The number of benzene rings is 1. The summed E-state index contributed by atoms with van der Waals surface area (Å²) in [4.78, 5) is 1.77. The number of rotatable bonds is 7. The maximum Gasteiger partial charge on any atom is 0.113 e. The fourth-order valence-corrected chi connectivity index (χ4v) is 3.52. The molecular weight excluding hydrogens is 298 g/mol. The van der Waals surface area contributed by atoms with E-state index in [9.17, 15) is 5.11 Å². The quantitative estimate of drug-likeness (QED) is 0.811. The Morgan fingerprint density at radius 2 is 1.92 bits per heavy atom. The second kappa shape index (κ2) is 7.31. The monoisotopic (exact) mass is 325 g/mol. The third-order valence-electron chi connectivity index (χ3n) is 4.96. The van der Waals surface area contributed by atoms with Gasteiger partial charge in [0, 0.05) is 6.42 Å². The Bertz CT molecular complexity index is 713. The van der Waals surface area contributed by atoms with Crippen LogP contribution in [0.5, 0.6) is 0 Å². The predicted octanol–water partition coefficient (Wildman–Crippen LogP) is 4.57. The van der Waals surface area contributed by atoms with Crippen molar-refractivity contribution in [2.75, 3.05) is 0 Å². The van der Waals surface area contributed by atoms with Crippen molar-refractivity contribution < 1.29 is 5.11 Å². The topological polar surface area (TPSA) is 50.9 Å². The molecule has 0 saturated heterocycles. The van der Waals surface area contributed by atoms with Crippen LogP contribution in [0.2, 0.25) is 0 Å². The zero-order chi connectivity index (χ0) is 17.0. The molecule has 4 heteroatoms. The number of hydrogen-bond donors (Lipinski definition) is 1. The lowest BCUT2D eigenvalue weighted by Gasteiger charge is -2.35. The Morgan fingerprint density at radius 1 is 1.21 bits per heavy atom. The molecule has 1 aromatic heterocycles. The van der Waals surface area contributed by atoms with Crippen molar-refractivity contribution in [3.63, 3.8) is 0 Å². The number of unbranched alkanes of at least 4 members (excludes halogenated alkanes) is 1. The van der Waals surface area contributed by atoms with Gasteiger partial charge in [0.1, 0.15) is 11.0 Å². The molecule has 4 nitrogen and oxygen atoms in total. The summed E-state index contributed by atoms with van der Waals surface area (Å²) in [7, 11) is 0. The van der Waals surface area contributed by atoms with Crippen molar-refractivity contribution in [1.29, 1.82) is 0 Å². The largest absolute Gasteiger partial charge is 0.393 e. The van der Waals surface area contributed by atoms with Gasteiger partial charge in [-0.3, -0.25) is 0 Å². The normalized spacial score (nSPS) is 21.9. The van der Waals surface area contributed by atoms with Crippen LogP contribution in [0.4, 0.5) is 0 Å². The molecule has 1 N–H and O–H groups in total. The van der Waals surface area contributed by atoms with Gasteiger partial charge >= 0.3 is 0 Å². The van der Waals surface area contributed by atoms with E-state index >= 15 is 0 Å². The molecule has 0 fully saturated rings. The van der Waals surface area contributed by atoms with Gasteiger partial charge < -0.3 is 5.11 Å². The van der Waals surface area contributed by atoms with Crippen molar-refractivity contribution in [3.05, 3.63) is 42.5 Å². The number of aliphatic hydroxyl groups is 1. The highest BCUT2D eigenvalue weighted by Gasteiger charge is 2.32. The van der Waals surface area contributed by atoms with Gasteiger partial charge in [-0.1, -0.05) is 51.0 Å². The third-order valence-corrected chi connectivity index (χ3v) is 4.96. The number of aromatic nitrogens is 3. The first-order valence-electron chi connectivity index (χ1n) is 9.05. The Kier molecular flexibility index (Phi) is 5.14. The minimum atomic E-state index is -0.254. The lowest BCUT2D eigenvalue weighted by molar-refractivity contribution is 0.110. The second-order valence-corrected chi connectivity index (χ2v) is 6.90. The number of hydrogen-bond acceptors (Lipinski definition) is 3. The number of nitrogens with zero attached hydrogens (tertiary/aromatic N) is 3. The Morgan fingerprint density at radius 3 is 2.54 bits per heavy atom. The zero-order valence-electron chi connectivity index (χ0n) is 14.7. The molecule has 0 amide bonds. The molecule has 3 rings (SSSR count). The van der Waals surface area contributed by atoms with Gasteiger partial charge in [0.25, 0.3) is 0 Å². The molecule has 0 saturated carbocycles. The van der Waals surface area contributed by atoms with E-state index in [1.54, 1.807) is 4.80 Å². The smallest absolute Gasteiger partial charge is 0.113 e. The van der Waals surface area contributed by atoms with Crippen LogP contribution >= 0.6 is 0 Å². The van der Waals surface area contributed by atoms with Crippen molar-refractivity contribution in [2.24, 2.45) is 5.41 Å². The van der Waals surface area contributed by atoms with Gasteiger partial charge in [0.05, 0.1) is 11.8 Å². The highest BCUT2D eigenvalue weighted by atomic mass is 16.3. The molecule has 1 aromatic carbocycles. The van der Waals surface area contributed by atoms with Gasteiger partial charge in [-0.15, -0.1) is 10.2 Å². The summed E-state index contributed by atoms with van der Waals surface area (Å²) in [5.74, 6) is 0. The van der Waals surface area contributed by atoms with E-state index in [1.165, 1.54) is 12.8 Å². The average molecular weight is 325 g/mol. The molecule has 0 aliphatic heterocycles. The van der Waals surface area contributed by atoms with E-state index in [-0.39, 0.29) is 11.5 Å². The van der Waals surface area contributed by atoms with Crippen molar-refractivity contribution in [3.8, 4) is 0 Å². The van der Waals surface area contributed by atoms with Gasteiger partial charge in [-0.2, -0.15) is 4.80 Å². The first-order chi connectivity index (χ1) is 11.7. The second-order valence-electron chi connectivity index (χ2n) is 6.90. The molecule has 1 aliphatic rings. The van der Waals surface area contributed by atoms with Crippen LogP contribution in [-0.2, 0) is 0 Å². The maximum atomic E-state index is 10.3. The molecule has 0 bridgehead atoms. The van der Waals surface area contributed by atoms with E-state index < -0.39 is 0 Å². The van der Waals surface area contributed by atoms with Crippen LogP contribution in [0.1, 0.15) is 52.4 Å². The molecule has 128 valence electrons. The Labute approximate surface area is 143 Å². The van der Waals surface area contributed by atoms with E-state index in [1.807, 2.05) is 31.2 Å². The fraction of sp³-hybridized carbons (Fsp3) is 0.500. The molecule has 1 heterocycles. The number of allylic oxidation sites excluding steroid dienone is 4. The van der Waals surface area contributed by atoms with Gasteiger partial charge in [-0.25, -0.2) is 0 Å². The number of fused-ring (bicyclic) bond motifs is 1. The zero-order valence-corrected chi connectivity index (χ0v) is 14.7. The first-order valence-corrected chi connectivity index (χ1v) is 9.05. The average Bonchev–Trinajstić information content (AvgIpc) is 3.04. The molecule has 2 unspecified atom stereocenters. The lowest BCUT2D eigenvalue weighted by atomic mass is 9.72. The maximum absolute atomic E-state index is 10.3. The minimum Gasteiger partial charge on any atom is -0.393 e. The van der Waals surface area contributed by atoms with E-state index in [2.05, 4.69) is 35.3 Å². The fourth-order valence-electron chi connectivity index (χ4n) is 3.52. The summed E-state index contributed by atoms with van der Waals surface area (Å²) < 4.78 is 0. The summed E-state index contributed by atoms with van der Waals surface area (Å²) in [6, 6.07) is 7.95. The van der Waals surface area contributed by atoms with Gasteiger partial charge in [0.2, 0.25) is 0 Å². The SMILES string of the molecule is CCCCC1(CC(O)CC)C=CC=C(n2nc3ccccc3n2)C1. The van der Waals surface area contributed by atoms with Crippen LogP contribution in [0.3, 0.4) is 0 Å².